The molecule has 0 aromatic carbocycles. The van der Waals surface area contributed by atoms with Crippen LogP contribution in [0.5, 0.6) is 0 Å². The van der Waals surface area contributed by atoms with Gasteiger partial charge < -0.3 is 4.74 Å². The highest BCUT2D eigenvalue weighted by Gasteiger charge is 2.32. The number of ether oxygens (including phenoxy) is 1. The van der Waals surface area contributed by atoms with Gasteiger partial charge in [0, 0.05) is 19.4 Å². The Morgan fingerprint density at radius 2 is 2.32 bits per heavy atom. The maximum Gasteiger partial charge on any atom is 0.315 e. The minimum atomic E-state index is -0.117. The number of carbonyl (C=O) groups is 1. The van der Waals surface area contributed by atoms with E-state index in [1.165, 1.54) is 12.8 Å². The molecule has 1 atom stereocenters. The highest BCUT2D eigenvalue weighted by atomic mass is 16.5. The molecule has 1 aromatic heterocycles. The Balaban J connectivity index is 2.23. The number of hydrogen-bond acceptors (Lipinski definition) is 3. The van der Waals surface area contributed by atoms with Gasteiger partial charge in [-0.3, -0.25) is 9.48 Å². The van der Waals surface area contributed by atoms with Crippen LogP contribution in [-0.2, 0) is 9.53 Å². The molecular formula is C14H22N3O2+. The molecule has 5 heteroatoms. The monoisotopic (exact) mass is 264 g/mol. The third-order valence-corrected chi connectivity index (χ3v) is 3.68. The molecule has 0 radical (unpaired) electrons. The Bertz CT molecular complexity index is 503. The SMILES string of the molecule is COC(=O)C1CCC(C)=[N+](c2cnn(C(C)C)c2)C1. The summed E-state index contributed by atoms with van der Waals surface area (Å²) in [5, 5.41) is 4.36. The molecule has 1 aromatic rings. The van der Waals surface area contributed by atoms with E-state index in [0.717, 1.165) is 18.5 Å². The van der Waals surface area contributed by atoms with Crippen LogP contribution in [0.2, 0.25) is 0 Å². The Morgan fingerprint density at radius 3 is 2.89 bits per heavy atom. The standard InChI is InChI=1S/C14H22N3O2/c1-10(2)17-9-13(7-15-17)16-8-12(14(18)19-4)6-5-11(16)3/h7,9-10,12H,5-6,8H2,1-4H3/q+1. The molecule has 0 fully saturated rings. The predicted octanol–water partition coefficient (Wildman–Crippen LogP) is 2.15. The van der Waals surface area contributed by atoms with Crippen molar-refractivity contribution in [2.24, 2.45) is 5.92 Å². The molecule has 0 saturated heterocycles. The quantitative estimate of drug-likeness (QED) is 0.621. The molecule has 2 heterocycles. The van der Waals surface area contributed by atoms with Gasteiger partial charge in [-0.25, -0.2) is 0 Å². The minimum Gasteiger partial charge on any atom is -0.469 e. The third kappa shape index (κ3) is 2.85. The fourth-order valence-corrected chi connectivity index (χ4v) is 2.42. The zero-order chi connectivity index (χ0) is 14.0. The van der Waals surface area contributed by atoms with E-state index in [0.29, 0.717) is 12.6 Å². The van der Waals surface area contributed by atoms with Crippen LogP contribution >= 0.6 is 0 Å². The highest BCUT2D eigenvalue weighted by Crippen LogP contribution is 2.22. The number of rotatable bonds is 3. The molecular weight excluding hydrogens is 242 g/mol. The van der Waals surface area contributed by atoms with Gasteiger partial charge in [0.2, 0.25) is 5.69 Å². The van der Waals surface area contributed by atoms with E-state index in [4.69, 9.17) is 4.74 Å². The normalized spacial score (nSPS) is 19.9. The Labute approximate surface area is 113 Å². The summed E-state index contributed by atoms with van der Waals surface area (Å²) in [5.41, 5.74) is 2.34. The zero-order valence-corrected chi connectivity index (χ0v) is 12.1. The molecule has 0 saturated carbocycles. The summed E-state index contributed by atoms with van der Waals surface area (Å²) in [6.07, 6.45) is 5.69. The van der Waals surface area contributed by atoms with Crippen molar-refractivity contribution in [2.45, 2.75) is 39.7 Å². The second kappa shape index (κ2) is 5.55. The summed E-state index contributed by atoms with van der Waals surface area (Å²) in [6, 6.07) is 0.343. The maximum atomic E-state index is 11.7. The number of esters is 1. The van der Waals surface area contributed by atoms with Crippen molar-refractivity contribution in [1.82, 2.24) is 9.78 Å². The maximum absolute atomic E-state index is 11.7. The average Bonchev–Trinajstić information content (AvgIpc) is 2.88. The molecule has 0 aliphatic carbocycles. The molecule has 1 aliphatic heterocycles. The molecule has 0 spiro atoms. The molecule has 5 nitrogen and oxygen atoms in total. The second-order valence-corrected chi connectivity index (χ2v) is 5.38. The van der Waals surface area contributed by atoms with E-state index in [1.54, 1.807) is 0 Å². The third-order valence-electron chi connectivity index (χ3n) is 3.68. The second-order valence-electron chi connectivity index (χ2n) is 5.38. The first-order valence-electron chi connectivity index (χ1n) is 6.75. The van der Waals surface area contributed by atoms with Gasteiger partial charge >= 0.3 is 5.97 Å². The van der Waals surface area contributed by atoms with Gasteiger partial charge in [-0.1, -0.05) is 0 Å². The van der Waals surface area contributed by atoms with E-state index in [9.17, 15) is 4.79 Å². The summed E-state index contributed by atoms with van der Waals surface area (Å²) in [5.74, 6) is -0.162. The molecule has 0 amide bonds. The van der Waals surface area contributed by atoms with Crippen molar-refractivity contribution in [3.8, 4) is 0 Å². The van der Waals surface area contributed by atoms with E-state index in [-0.39, 0.29) is 11.9 Å². The lowest BCUT2D eigenvalue weighted by molar-refractivity contribution is -0.454. The van der Waals surface area contributed by atoms with E-state index in [2.05, 4.69) is 30.4 Å². The lowest BCUT2D eigenvalue weighted by Crippen LogP contribution is -2.33. The number of methoxy groups -OCH3 is 1. The largest absolute Gasteiger partial charge is 0.469 e. The van der Waals surface area contributed by atoms with Gasteiger partial charge in [-0.15, -0.1) is 0 Å². The van der Waals surface area contributed by atoms with Crippen LogP contribution in [-0.4, -0.2) is 39.7 Å². The molecule has 0 N–H and O–H groups in total. The Hall–Kier alpha value is -1.65. The topological polar surface area (TPSA) is 47.1 Å². The first kappa shape index (κ1) is 13.8. The van der Waals surface area contributed by atoms with Crippen molar-refractivity contribution in [3.63, 3.8) is 0 Å². The zero-order valence-electron chi connectivity index (χ0n) is 12.1. The highest BCUT2D eigenvalue weighted by molar-refractivity contribution is 5.81. The summed E-state index contributed by atoms with van der Waals surface area (Å²) in [7, 11) is 1.45. The molecule has 104 valence electrons. The summed E-state index contributed by atoms with van der Waals surface area (Å²) < 4.78 is 8.97. The van der Waals surface area contributed by atoms with Crippen LogP contribution in [0.1, 0.15) is 39.7 Å². The van der Waals surface area contributed by atoms with Crippen molar-refractivity contribution in [3.05, 3.63) is 12.4 Å². The number of hydrogen-bond donors (Lipinski definition) is 0. The van der Waals surface area contributed by atoms with Crippen molar-refractivity contribution in [2.75, 3.05) is 13.7 Å². The van der Waals surface area contributed by atoms with E-state index in [1.807, 2.05) is 17.1 Å². The lowest BCUT2D eigenvalue weighted by atomic mass is 9.97. The molecule has 0 bridgehead atoms. The van der Waals surface area contributed by atoms with Crippen LogP contribution in [0, 0.1) is 5.92 Å². The van der Waals surface area contributed by atoms with E-state index >= 15 is 0 Å². The number of nitrogens with zero attached hydrogens (tertiary/aromatic N) is 3. The summed E-state index contributed by atoms with van der Waals surface area (Å²) in [6.45, 7) is 6.99. The van der Waals surface area contributed by atoms with Gasteiger partial charge in [0.25, 0.3) is 0 Å². The van der Waals surface area contributed by atoms with Crippen molar-refractivity contribution in [1.29, 1.82) is 0 Å². The first-order valence-corrected chi connectivity index (χ1v) is 6.75. The molecule has 19 heavy (non-hydrogen) atoms. The van der Waals surface area contributed by atoms with Crippen LogP contribution in [0.3, 0.4) is 0 Å². The number of carbonyl (C=O) groups excluding carboxylic acids is 1. The fraction of sp³-hybridized carbons (Fsp3) is 0.643. The van der Waals surface area contributed by atoms with Gasteiger partial charge in [-0.2, -0.15) is 9.67 Å². The van der Waals surface area contributed by atoms with Crippen molar-refractivity contribution >= 4 is 17.4 Å². The summed E-state index contributed by atoms with van der Waals surface area (Å²) >= 11 is 0. The summed E-state index contributed by atoms with van der Waals surface area (Å²) in [4.78, 5) is 11.7. The van der Waals surface area contributed by atoms with Gasteiger partial charge in [0.1, 0.15) is 12.1 Å². The predicted molar refractivity (Wildman–Crippen MR) is 72.8 cm³/mol. The molecule has 2 rings (SSSR count). The van der Waals surface area contributed by atoms with Crippen LogP contribution in [0.15, 0.2) is 12.4 Å². The van der Waals surface area contributed by atoms with Gasteiger partial charge in [0.05, 0.1) is 13.3 Å². The Kier molecular flexibility index (Phi) is 4.02. The Morgan fingerprint density at radius 1 is 1.58 bits per heavy atom. The first-order chi connectivity index (χ1) is 9.02. The van der Waals surface area contributed by atoms with Crippen molar-refractivity contribution < 1.29 is 14.1 Å². The molecule has 1 unspecified atom stereocenters. The fourth-order valence-electron chi connectivity index (χ4n) is 2.42. The average molecular weight is 264 g/mol. The van der Waals surface area contributed by atoms with Gasteiger partial charge in [0.15, 0.2) is 12.3 Å². The van der Waals surface area contributed by atoms with E-state index < -0.39 is 0 Å². The van der Waals surface area contributed by atoms with Gasteiger partial charge in [-0.05, 0) is 20.3 Å². The number of aromatic nitrogens is 2. The minimum absolute atomic E-state index is 0.0453. The van der Waals surface area contributed by atoms with Crippen LogP contribution in [0.4, 0.5) is 5.69 Å². The lowest BCUT2D eigenvalue weighted by Gasteiger charge is -2.18. The van der Waals surface area contributed by atoms with Crippen LogP contribution in [0.25, 0.3) is 0 Å². The molecule has 1 aliphatic rings. The smallest absolute Gasteiger partial charge is 0.315 e. The van der Waals surface area contributed by atoms with Crippen LogP contribution < -0.4 is 0 Å².